The summed E-state index contributed by atoms with van der Waals surface area (Å²) in [6.07, 6.45) is 0. The summed E-state index contributed by atoms with van der Waals surface area (Å²) >= 11 is 0. The van der Waals surface area contributed by atoms with Crippen LogP contribution in [0.2, 0.25) is 0 Å². The molecule has 116 valence electrons. The molecule has 0 radical (unpaired) electrons. The van der Waals surface area contributed by atoms with Gasteiger partial charge in [0.2, 0.25) is 5.91 Å². The lowest BCUT2D eigenvalue weighted by Gasteiger charge is -2.30. The fourth-order valence-corrected chi connectivity index (χ4v) is 3.03. The highest BCUT2D eigenvalue weighted by Gasteiger charge is 2.25. The molecule has 5 heteroatoms. The van der Waals surface area contributed by atoms with Crippen LogP contribution in [0.5, 0.6) is 0 Å². The molecule has 0 aliphatic carbocycles. The number of carbonyl (C=O) groups is 1. The van der Waals surface area contributed by atoms with Gasteiger partial charge >= 0.3 is 0 Å². The van der Waals surface area contributed by atoms with Crippen molar-refractivity contribution in [2.24, 2.45) is 0 Å². The van der Waals surface area contributed by atoms with E-state index in [0.29, 0.717) is 26.3 Å². The highest BCUT2D eigenvalue weighted by molar-refractivity contribution is 5.86. The standard InChI is InChI=1S/C17H20N2O3/c1-12-11-16(20)19(15-6-4-3-5-14(12)15)13(2)17(21)18-7-9-22-10-8-18/h3-6,11,13H,7-10H2,1-2H3. The highest BCUT2D eigenvalue weighted by Crippen LogP contribution is 2.20. The first kappa shape index (κ1) is 14.8. The second-order valence-electron chi connectivity index (χ2n) is 5.67. The summed E-state index contributed by atoms with van der Waals surface area (Å²) in [6.45, 7) is 6.00. The van der Waals surface area contributed by atoms with Crippen LogP contribution in [0.4, 0.5) is 0 Å². The third-order valence-electron chi connectivity index (χ3n) is 4.23. The van der Waals surface area contributed by atoms with Crippen molar-refractivity contribution in [3.05, 3.63) is 46.2 Å². The largest absolute Gasteiger partial charge is 0.378 e. The van der Waals surface area contributed by atoms with E-state index < -0.39 is 6.04 Å². The Kier molecular flexibility index (Phi) is 3.98. The van der Waals surface area contributed by atoms with Crippen LogP contribution in [-0.4, -0.2) is 41.7 Å². The first-order chi connectivity index (χ1) is 10.6. The molecule has 2 heterocycles. The molecule has 3 rings (SSSR count). The van der Waals surface area contributed by atoms with E-state index in [1.165, 1.54) is 0 Å². The van der Waals surface area contributed by atoms with Crippen LogP contribution in [0.1, 0.15) is 18.5 Å². The van der Waals surface area contributed by atoms with Crippen LogP contribution in [0.3, 0.4) is 0 Å². The molecule has 0 bridgehead atoms. The van der Waals surface area contributed by atoms with Gasteiger partial charge in [-0.2, -0.15) is 0 Å². The van der Waals surface area contributed by atoms with E-state index in [9.17, 15) is 9.59 Å². The lowest BCUT2D eigenvalue weighted by atomic mass is 10.1. The van der Waals surface area contributed by atoms with E-state index in [1.54, 1.807) is 22.5 Å². The van der Waals surface area contributed by atoms with E-state index in [0.717, 1.165) is 16.5 Å². The van der Waals surface area contributed by atoms with Gasteiger partial charge in [-0.05, 0) is 25.5 Å². The molecule has 0 saturated carbocycles. The molecule has 0 spiro atoms. The molecule has 0 N–H and O–H groups in total. The highest BCUT2D eigenvalue weighted by atomic mass is 16.5. The van der Waals surface area contributed by atoms with E-state index in [4.69, 9.17) is 4.74 Å². The van der Waals surface area contributed by atoms with Gasteiger partial charge in [0.05, 0.1) is 18.7 Å². The third-order valence-corrected chi connectivity index (χ3v) is 4.23. The third kappa shape index (κ3) is 2.52. The Morgan fingerprint density at radius 2 is 1.91 bits per heavy atom. The Morgan fingerprint density at radius 1 is 1.23 bits per heavy atom. The van der Waals surface area contributed by atoms with Gasteiger partial charge < -0.3 is 9.64 Å². The first-order valence-corrected chi connectivity index (χ1v) is 7.57. The lowest BCUT2D eigenvalue weighted by molar-refractivity contribution is -0.138. The molecule has 2 aromatic rings. The molecule has 1 unspecified atom stereocenters. The Hall–Kier alpha value is -2.14. The first-order valence-electron chi connectivity index (χ1n) is 7.57. The van der Waals surface area contributed by atoms with Crippen LogP contribution in [0.25, 0.3) is 10.9 Å². The van der Waals surface area contributed by atoms with Gasteiger partial charge in [-0.25, -0.2) is 0 Å². The Labute approximate surface area is 129 Å². The maximum absolute atomic E-state index is 12.7. The number of carbonyl (C=O) groups excluding carboxylic acids is 1. The molecule has 1 aliphatic rings. The van der Waals surface area contributed by atoms with Gasteiger partial charge in [0.25, 0.3) is 5.56 Å². The molecule has 22 heavy (non-hydrogen) atoms. The van der Waals surface area contributed by atoms with Crippen LogP contribution < -0.4 is 5.56 Å². The number of rotatable bonds is 2. The van der Waals surface area contributed by atoms with Crippen LogP contribution in [-0.2, 0) is 9.53 Å². The van der Waals surface area contributed by atoms with Crippen molar-refractivity contribution in [1.29, 1.82) is 0 Å². The average Bonchev–Trinajstić information content (AvgIpc) is 2.55. The van der Waals surface area contributed by atoms with Crippen LogP contribution in [0.15, 0.2) is 35.1 Å². The number of fused-ring (bicyclic) bond motifs is 1. The zero-order chi connectivity index (χ0) is 15.7. The minimum atomic E-state index is -0.518. The SMILES string of the molecule is Cc1cc(=O)n(C(C)C(=O)N2CCOCC2)c2ccccc12. The Balaban J connectivity index is 2.05. The quantitative estimate of drug-likeness (QED) is 0.849. The number of hydrogen-bond donors (Lipinski definition) is 0. The number of amides is 1. The van der Waals surface area contributed by atoms with Crippen LogP contribution >= 0.6 is 0 Å². The number of pyridine rings is 1. The summed E-state index contributed by atoms with van der Waals surface area (Å²) in [5.41, 5.74) is 1.61. The number of aromatic nitrogens is 1. The molecule has 1 atom stereocenters. The van der Waals surface area contributed by atoms with Gasteiger partial charge in [-0.15, -0.1) is 0 Å². The fraction of sp³-hybridized carbons (Fsp3) is 0.412. The second-order valence-corrected chi connectivity index (χ2v) is 5.67. The summed E-state index contributed by atoms with van der Waals surface area (Å²) in [4.78, 5) is 26.9. The molecule has 1 aromatic heterocycles. The minimum absolute atomic E-state index is 0.0283. The van der Waals surface area contributed by atoms with E-state index in [-0.39, 0.29) is 11.5 Å². The van der Waals surface area contributed by atoms with E-state index in [1.807, 2.05) is 31.2 Å². The Morgan fingerprint density at radius 3 is 2.64 bits per heavy atom. The van der Waals surface area contributed by atoms with Gasteiger partial charge in [0.15, 0.2) is 0 Å². The summed E-state index contributed by atoms with van der Waals surface area (Å²) in [5, 5.41) is 1.00. The van der Waals surface area contributed by atoms with E-state index >= 15 is 0 Å². The predicted octanol–water partition coefficient (Wildman–Crippen LogP) is 1.73. The average molecular weight is 300 g/mol. The van der Waals surface area contributed by atoms with Gasteiger partial charge in [0.1, 0.15) is 6.04 Å². The van der Waals surface area contributed by atoms with Crippen molar-refractivity contribution in [3.63, 3.8) is 0 Å². The molecular formula is C17H20N2O3. The Bertz CT molecular complexity index is 760. The summed E-state index contributed by atoms with van der Waals surface area (Å²) in [5.74, 6) is -0.0283. The number of ether oxygens (including phenoxy) is 1. The van der Waals surface area contributed by atoms with Crippen LogP contribution in [0, 0.1) is 6.92 Å². The number of aryl methyl sites for hydroxylation is 1. The number of para-hydroxylation sites is 1. The monoisotopic (exact) mass is 300 g/mol. The molecule has 1 aromatic carbocycles. The van der Waals surface area contributed by atoms with Crippen molar-refractivity contribution in [2.75, 3.05) is 26.3 Å². The lowest BCUT2D eigenvalue weighted by Crippen LogP contribution is -2.45. The smallest absolute Gasteiger partial charge is 0.252 e. The van der Waals surface area contributed by atoms with Crippen molar-refractivity contribution >= 4 is 16.8 Å². The number of nitrogens with zero attached hydrogens (tertiary/aromatic N) is 2. The number of hydrogen-bond acceptors (Lipinski definition) is 3. The topological polar surface area (TPSA) is 51.5 Å². The molecule has 1 amide bonds. The molecule has 1 fully saturated rings. The van der Waals surface area contributed by atoms with Gasteiger partial charge in [-0.1, -0.05) is 18.2 Å². The number of benzene rings is 1. The minimum Gasteiger partial charge on any atom is -0.378 e. The van der Waals surface area contributed by atoms with E-state index in [2.05, 4.69) is 0 Å². The molecule has 5 nitrogen and oxygen atoms in total. The summed E-state index contributed by atoms with van der Waals surface area (Å²) in [7, 11) is 0. The zero-order valence-electron chi connectivity index (χ0n) is 12.9. The van der Waals surface area contributed by atoms with Crippen molar-refractivity contribution in [2.45, 2.75) is 19.9 Å². The summed E-state index contributed by atoms with van der Waals surface area (Å²) in [6, 6.07) is 8.80. The maximum Gasteiger partial charge on any atom is 0.252 e. The zero-order valence-corrected chi connectivity index (χ0v) is 12.9. The van der Waals surface area contributed by atoms with Crippen molar-refractivity contribution in [3.8, 4) is 0 Å². The second kappa shape index (κ2) is 5.93. The van der Waals surface area contributed by atoms with Crippen molar-refractivity contribution in [1.82, 2.24) is 9.47 Å². The predicted molar refractivity (Wildman–Crippen MR) is 85.1 cm³/mol. The summed E-state index contributed by atoms with van der Waals surface area (Å²) < 4.78 is 6.88. The molecular weight excluding hydrogens is 280 g/mol. The fourth-order valence-electron chi connectivity index (χ4n) is 3.03. The van der Waals surface area contributed by atoms with Gasteiger partial charge in [-0.3, -0.25) is 14.2 Å². The molecule has 1 saturated heterocycles. The van der Waals surface area contributed by atoms with Gasteiger partial charge in [0, 0.05) is 24.5 Å². The maximum atomic E-state index is 12.7. The number of morpholine rings is 1. The molecule has 1 aliphatic heterocycles. The van der Waals surface area contributed by atoms with Crippen molar-refractivity contribution < 1.29 is 9.53 Å². The normalized spacial score (nSPS) is 16.7.